The van der Waals surface area contributed by atoms with Gasteiger partial charge in [0.05, 0.1) is 5.25 Å². The molecule has 16 heavy (non-hydrogen) atoms. The Hall–Kier alpha value is -1.16. The highest BCUT2D eigenvalue weighted by atomic mass is 32.2. The molecule has 1 aromatic rings. The average molecular weight is 236 g/mol. The lowest BCUT2D eigenvalue weighted by atomic mass is 10.2. The van der Waals surface area contributed by atoms with Crippen LogP contribution in [0.3, 0.4) is 0 Å². The summed E-state index contributed by atoms with van der Waals surface area (Å²) in [5.41, 5.74) is 7.62. The second kappa shape index (κ2) is 4.37. The van der Waals surface area contributed by atoms with Gasteiger partial charge in [-0.15, -0.1) is 11.8 Å². The molecule has 2 rings (SSSR count). The van der Waals surface area contributed by atoms with Crippen LogP contribution in [0.5, 0.6) is 0 Å². The third-order valence-electron chi connectivity index (χ3n) is 2.85. The second-order valence-electron chi connectivity index (χ2n) is 4.18. The number of hydrogen-bond acceptors (Lipinski definition) is 3. The maximum atomic E-state index is 11.8. The van der Waals surface area contributed by atoms with Crippen molar-refractivity contribution in [3.05, 3.63) is 23.8 Å². The number of benzene rings is 1. The summed E-state index contributed by atoms with van der Waals surface area (Å²) < 4.78 is 0. The van der Waals surface area contributed by atoms with Crippen LogP contribution in [-0.4, -0.2) is 29.6 Å². The number of carbonyl (C=O) groups excluding carboxylic acids is 1. The van der Waals surface area contributed by atoms with Crippen LogP contribution < -0.4 is 5.73 Å². The molecule has 1 amide bonds. The Labute approximate surface area is 100.0 Å². The first kappa shape index (κ1) is 11.3. The fraction of sp³-hybridized carbons (Fsp3) is 0.417. The quantitative estimate of drug-likeness (QED) is 0.798. The molecule has 0 aliphatic carbocycles. The number of rotatable bonds is 2. The van der Waals surface area contributed by atoms with Gasteiger partial charge in [0.15, 0.2) is 0 Å². The molecular formula is C12H16N2OS. The summed E-state index contributed by atoms with van der Waals surface area (Å²) in [5.74, 6) is 0.237. The summed E-state index contributed by atoms with van der Waals surface area (Å²) in [4.78, 5) is 14.7. The van der Waals surface area contributed by atoms with Crippen LogP contribution in [0.15, 0.2) is 23.1 Å². The third kappa shape index (κ3) is 2.16. The molecule has 1 heterocycles. The molecule has 1 aliphatic heterocycles. The molecule has 0 spiro atoms. The average Bonchev–Trinajstić information content (AvgIpc) is 2.54. The Morgan fingerprint density at radius 3 is 2.81 bits per heavy atom. The number of thioether (sulfide) groups is 1. The van der Waals surface area contributed by atoms with Gasteiger partial charge in [-0.2, -0.15) is 0 Å². The number of aryl methyl sites for hydroxylation is 1. The van der Waals surface area contributed by atoms with Gasteiger partial charge in [0.1, 0.15) is 0 Å². The van der Waals surface area contributed by atoms with Gasteiger partial charge in [0, 0.05) is 24.2 Å². The lowest BCUT2D eigenvalue weighted by molar-refractivity contribution is -0.126. The highest BCUT2D eigenvalue weighted by Crippen LogP contribution is 2.32. The number of amides is 1. The summed E-state index contributed by atoms with van der Waals surface area (Å²) in [5, 5.41) is 0.0762. The number of anilines is 1. The van der Waals surface area contributed by atoms with E-state index in [0.717, 1.165) is 29.1 Å². The first-order chi connectivity index (χ1) is 7.58. The fourth-order valence-electron chi connectivity index (χ4n) is 1.86. The topological polar surface area (TPSA) is 46.3 Å². The maximum absolute atomic E-state index is 11.8. The Balaban J connectivity index is 2.12. The summed E-state index contributed by atoms with van der Waals surface area (Å²) >= 11 is 1.65. The maximum Gasteiger partial charge on any atom is 0.235 e. The normalized spacial score (nSPS) is 20.5. The first-order valence-electron chi connectivity index (χ1n) is 5.35. The van der Waals surface area contributed by atoms with Crippen LogP contribution in [0, 0.1) is 6.92 Å². The van der Waals surface area contributed by atoms with Crippen LogP contribution >= 0.6 is 11.8 Å². The van der Waals surface area contributed by atoms with Gasteiger partial charge in [0.2, 0.25) is 5.91 Å². The highest BCUT2D eigenvalue weighted by molar-refractivity contribution is 8.00. The number of nitrogens with zero attached hydrogens (tertiary/aromatic N) is 1. The lowest BCUT2D eigenvalue weighted by Gasteiger charge is -2.11. The second-order valence-corrected chi connectivity index (χ2v) is 5.42. The predicted octanol–water partition coefficient (Wildman–Crippen LogP) is 1.90. The largest absolute Gasteiger partial charge is 0.399 e. The molecule has 1 aliphatic rings. The van der Waals surface area contributed by atoms with Crippen molar-refractivity contribution < 1.29 is 4.79 Å². The van der Waals surface area contributed by atoms with Crippen molar-refractivity contribution in [2.75, 3.05) is 19.3 Å². The van der Waals surface area contributed by atoms with E-state index in [-0.39, 0.29) is 11.2 Å². The highest BCUT2D eigenvalue weighted by Gasteiger charge is 2.29. The Bertz CT molecular complexity index is 419. The Morgan fingerprint density at radius 1 is 1.50 bits per heavy atom. The van der Waals surface area contributed by atoms with E-state index in [2.05, 4.69) is 0 Å². The van der Waals surface area contributed by atoms with E-state index < -0.39 is 0 Å². The van der Waals surface area contributed by atoms with Crippen molar-refractivity contribution in [1.82, 2.24) is 4.90 Å². The molecule has 4 heteroatoms. The third-order valence-corrected chi connectivity index (χ3v) is 4.28. The number of nitrogens with two attached hydrogens (primary N) is 1. The lowest BCUT2D eigenvalue weighted by Crippen LogP contribution is -2.23. The summed E-state index contributed by atoms with van der Waals surface area (Å²) in [6, 6.07) is 5.84. The summed E-state index contributed by atoms with van der Waals surface area (Å²) in [6.45, 7) is 2.90. The molecule has 0 bridgehead atoms. The molecule has 0 saturated carbocycles. The van der Waals surface area contributed by atoms with E-state index >= 15 is 0 Å². The minimum absolute atomic E-state index is 0.0762. The van der Waals surface area contributed by atoms with Crippen molar-refractivity contribution >= 4 is 23.4 Å². The van der Waals surface area contributed by atoms with E-state index in [1.807, 2.05) is 32.2 Å². The molecule has 0 aromatic heterocycles. The zero-order chi connectivity index (χ0) is 11.7. The van der Waals surface area contributed by atoms with Crippen molar-refractivity contribution in [2.45, 2.75) is 23.5 Å². The molecule has 1 aromatic carbocycles. The molecule has 3 nitrogen and oxygen atoms in total. The van der Waals surface area contributed by atoms with Gasteiger partial charge >= 0.3 is 0 Å². The molecule has 1 fully saturated rings. The van der Waals surface area contributed by atoms with Crippen LogP contribution in [0.4, 0.5) is 5.69 Å². The standard InChI is InChI=1S/C12H16N2OS/c1-8-7-9(13)3-4-10(8)16-11-5-6-14(2)12(11)15/h3-4,7,11H,5-6,13H2,1-2H3. The van der Waals surface area contributed by atoms with E-state index in [4.69, 9.17) is 5.73 Å². The number of hydrogen-bond donors (Lipinski definition) is 1. The number of nitrogen functional groups attached to an aromatic ring is 1. The van der Waals surface area contributed by atoms with Crippen molar-refractivity contribution in [3.8, 4) is 0 Å². The van der Waals surface area contributed by atoms with E-state index in [1.165, 1.54) is 0 Å². The van der Waals surface area contributed by atoms with Crippen LogP contribution in [0.2, 0.25) is 0 Å². The molecule has 1 saturated heterocycles. The predicted molar refractivity (Wildman–Crippen MR) is 67.5 cm³/mol. The van der Waals surface area contributed by atoms with Gasteiger partial charge in [0.25, 0.3) is 0 Å². The molecule has 1 unspecified atom stereocenters. The molecule has 2 N–H and O–H groups in total. The minimum Gasteiger partial charge on any atom is -0.399 e. The fourth-order valence-corrected chi connectivity index (χ4v) is 3.06. The van der Waals surface area contributed by atoms with Gasteiger partial charge < -0.3 is 10.6 Å². The SMILES string of the molecule is Cc1cc(N)ccc1SC1CCN(C)C1=O. The first-order valence-corrected chi connectivity index (χ1v) is 6.23. The van der Waals surface area contributed by atoms with Gasteiger partial charge in [-0.25, -0.2) is 0 Å². The van der Waals surface area contributed by atoms with Crippen molar-refractivity contribution in [2.24, 2.45) is 0 Å². The van der Waals surface area contributed by atoms with Crippen LogP contribution in [0.1, 0.15) is 12.0 Å². The molecule has 1 atom stereocenters. The summed E-state index contributed by atoms with van der Waals surface area (Å²) in [6.07, 6.45) is 0.934. The van der Waals surface area contributed by atoms with Crippen LogP contribution in [-0.2, 0) is 4.79 Å². The van der Waals surface area contributed by atoms with Crippen molar-refractivity contribution in [3.63, 3.8) is 0 Å². The minimum atomic E-state index is 0.0762. The van der Waals surface area contributed by atoms with E-state index in [1.54, 1.807) is 16.7 Å². The monoisotopic (exact) mass is 236 g/mol. The Morgan fingerprint density at radius 2 is 2.25 bits per heavy atom. The van der Waals surface area contributed by atoms with E-state index in [0.29, 0.717) is 0 Å². The Kier molecular flexibility index (Phi) is 3.10. The smallest absolute Gasteiger partial charge is 0.235 e. The molecule has 0 radical (unpaired) electrons. The number of carbonyl (C=O) groups is 1. The summed E-state index contributed by atoms with van der Waals surface area (Å²) in [7, 11) is 1.86. The van der Waals surface area contributed by atoms with Gasteiger partial charge in [-0.05, 0) is 37.1 Å². The molecular weight excluding hydrogens is 220 g/mol. The zero-order valence-corrected chi connectivity index (χ0v) is 10.4. The van der Waals surface area contributed by atoms with Crippen LogP contribution in [0.25, 0.3) is 0 Å². The number of likely N-dealkylation sites (tertiary alicyclic amines) is 1. The van der Waals surface area contributed by atoms with Gasteiger partial charge in [-0.1, -0.05) is 0 Å². The van der Waals surface area contributed by atoms with Gasteiger partial charge in [-0.3, -0.25) is 4.79 Å². The van der Waals surface area contributed by atoms with Crippen molar-refractivity contribution in [1.29, 1.82) is 0 Å². The van der Waals surface area contributed by atoms with E-state index in [9.17, 15) is 4.79 Å². The zero-order valence-electron chi connectivity index (χ0n) is 9.56. The molecule has 86 valence electrons.